The molecule has 0 fully saturated rings. The van der Waals surface area contributed by atoms with E-state index in [1.165, 1.54) is 17.5 Å². The Kier molecular flexibility index (Phi) is 5.35. The van der Waals surface area contributed by atoms with Gasteiger partial charge in [-0.1, -0.05) is 29.8 Å². The number of rotatable bonds is 6. The van der Waals surface area contributed by atoms with Gasteiger partial charge in [-0.3, -0.25) is 4.79 Å². The molecule has 144 valence electrons. The maximum Gasteiger partial charge on any atom is 0.258 e. The maximum atomic E-state index is 12.6. The number of imidazole rings is 1. The van der Waals surface area contributed by atoms with Crippen LogP contribution < -0.4 is 10.1 Å². The highest BCUT2D eigenvalue weighted by atomic mass is 35.5. The van der Waals surface area contributed by atoms with Gasteiger partial charge in [-0.2, -0.15) is 0 Å². The first kappa shape index (κ1) is 18.6. The molecule has 6 heteroatoms. The number of carbonyl (C=O) groups excluding carboxylic acids is 1. The van der Waals surface area contributed by atoms with E-state index >= 15 is 0 Å². The summed E-state index contributed by atoms with van der Waals surface area (Å²) in [5, 5.41) is 3.68. The number of aryl methyl sites for hydroxylation is 3. The fourth-order valence-corrected chi connectivity index (χ4v) is 3.72. The summed E-state index contributed by atoms with van der Waals surface area (Å²) in [6, 6.07) is 13.1. The number of hydrogen-bond donors (Lipinski definition) is 1. The standard InChI is InChI=1S/C22H22ClN3O2/c1-26-12-11-24-22(26)21(16-5-8-18(23)9-6-16)25-20(27)14-28-19-10-7-15-3-2-4-17(15)13-19/h5-13,21H,2-4,14H2,1H3,(H,25,27)/t21-/m0/s1. The van der Waals surface area contributed by atoms with Crippen LogP contribution >= 0.6 is 11.6 Å². The Morgan fingerprint density at radius 1 is 1.21 bits per heavy atom. The number of nitrogens with one attached hydrogen (secondary N) is 1. The third-order valence-corrected chi connectivity index (χ3v) is 5.32. The summed E-state index contributed by atoms with van der Waals surface area (Å²) in [7, 11) is 1.90. The van der Waals surface area contributed by atoms with Crippen LogP contribution in [0.25, 0.3) is 0 Å². The number of fused-ring (bicyclic) bond motifs is 1. The third-order valence-electron chi connectivity index (χ3n) is 5.07. The lowest BCUT2D eigenvalue weighted by Crippen LogP contribution is -2.34. The first-order valence-electron chi connectivity index (χ1n) is 9.37. The molecule has 5 nitrogen and oxygen atoms in total. The Bertz CT molecular complexity index is 982. The monoisotopic (exact) mass is 395 g/mol. The maximum absolute atomic E-state index is 12.6. The van der Waals surface area contributed by atoms with Crippen molar-refractivity contribution in [1.82, 2.24) is 14.9 Å². The quantitative estimate of drug-likeness (QED) is 0.689. The van der Waals surface area contributed by atoms with Gasteiger partial charge in [-0.15, -0.1) is 0 Å². The number of carbonyl (C=O) groups is 1. The van der Waals surface area contributed by atoms with Crippen LogP contribution in [0.15, 0.2) is 54.9 Å². The van der Waals surface area contributed by atoms with Crippen LogP contribution in [0.5, 0.6) is 5.75 Å². The van der Waals surface area contributed by atoms with Crippen molar-refractivity contribution in [3.8, 4) is 5.75 Å². The summed E-state index contributed by atoms with van der Waals surface area (Å²) in [6.45, 7) is -0.0483. The minimum atomic E-state index is -0.381. The number of halogens is 1. The molecule has 0 spiro atoms. The molecular weight excluding hydrogens is 374 g/mol. The average Bonchev–Trinajstić information content (AvgIpc) is 3.33. The van der Waals surface area contributed by atoms with E-state index in [0.29, 0.717) is 5.02 Å². The van der Waals surface area contributed by atoms with Gasteiger partial charge in [0.2, 0.25) is 0 Å². The van der Waals surface area contributed by atoms with Gasteiger partial charge in [0.1, 0.15) is 17.6 Å². The van der Waals surface area contributed by atoms with Gasteiger partial charge in [0.25, 0.3) is 5.91 Å². The van der Waals surface area contributed by atoms with Crippen LogP contribution in [0.2, 0.25) is 5.02 Å². The molecule has 1 aliphatic rings. The van der Waals surface area contributed by atoms with Crippen molar-refractivity contribution in [3.63, 3.8) is 0 Å². The molecule has 1 N–H and O–H groups in total. The van der Waals surface area contributed by atoms with Crippen LogP contribution in [0.1, 0.15) is 35.0 Å². The van der Waals surface area contributed by atoms with Crippen molar-refractivity contribution < 1.29 is 9.53 Å². The van der Waals surface area contributed by atoms with Crippen molar-refractivity contribution >= 4 is 17.5 Å². The van der Waals surface area contributed by atoms with Gasteiger partial charge >= 0.3 is 0 Å². The average molecular weight is 396 g/mol. The van der Waals surface area contributed by atoms with Crippen molar-refractivity contribution in [2.24, 2.45) is 7.05 Å². The minimum absolute atomic E-state index is 0.0483. The van der Waals surface area contributed by atoms with Crippen molar-refractivity contribution in [2.75, 3.05) is 6.61 Å². The summed E-state index contributed by atoms with van der Waals surface area (Å²) in [5.41, 5.74) is 3.61. The van der Waals surface area contributed by atoms with E-state index in [1.807, 2.05) is 42.1 Å². The fraction of sp³-hybridized carbons (Fsp3) is 0.273. The third kappa shape index (κ3) is 4.04. The lowest BCUT2D eigenvalue weighted by atomic mass is 10.1. The van der Waals surface area contributed by atoms with Crippen LogP contribution in [-0.4, -0.2) is 22.1 Å². The van der Waals surface area contributed by atoms with Gasteiger partial charge in [0.15, 0.2) is 6.61 Å². The highest BCUT2D eigenvalue weighted by Crippen LogP contribution is 2.26. The Balaban J connectivity index is 1.46. The van der Waals surface area contributed by atoms with Crippen LogP contribution in [0, 0.1) is 0 Å². The highest BCUT2D eigenvalue weighted by Gasteiger charge is 2.21. The zero-order valence-electron chi connectivity index (χ0n) is 15.7. The van der Waals surface area contributed by atoms with E-state index in [0.717, 1.165) is 30.0 Å². The fourth-order valence-electron chi connectivity index (χ4n) is 3.60. The number of benzene rings is 2. The van der Waals surface area contributed by atoms with Crippen LogP contribution in [-0.2, 0) is 24.7 Å². The molecule has 0 radical (unpaired) electrons. The zero-order chi connectivity index (χ0) is 19.5. The summed E-state index contributed by atoms with van der Waals surface area (Å²) in [5.74, 6) is 1.27. The summed E-state index contributed by atoms with van der Waals surface area (Å²) in [6.07, 6.45) is 6.96. The zero-order valence-corrected chi connectivity index (χ0v) is 16.4. The second-order valence-corrected chi connectivity index (χ2v) is 7.46. The minimum Gasteiger partial charge on any atom is -0.484 e. The summed E-state index contributed by atoms with van der Waals surface area (Å²) < 4.78 is 7.63. The predicted molar refractivity (Wildman–Crippen MR) is 109 cm³/mol. The first-order chi connectivity index (χ1) is 13.6. The highest BCUT2D eigenvalue weighted by molar-refractivity contribution is 6.30. The Morgan fingerprint density at radius 3 is 2.75 bits per heavy atom. The van der Waals surface area contributed by atoms with E-state index in [2.05, 4.69) is 16.4 Å². The first-order valence-corrected chi connectivity index (χ1v) is 9.74. The molecular formula is C22H22ClN3O2. The number of hydrogen-bond acceptors (Lipinski definition) is 3. The van der Waals surface area contributed by atoms with Crippen LogP contribution in [0.3, 0.4) is 0 Å². The lowest BCUT2D eigenvalue weighted by molar-refractivity contribution is -0.123. The predicted octanol–water partition coefficient (Wildman–Crippen LogP) is 3.85. The molecule has 3 aromatic rings. The molecule has 1 aliphatic carbocycles. The second-order valence-electron chi connectivity index (χ2n) is 7.02. The second kappa shape index (κ2) is 8.07. The van der Waals surface area contributed by atoms with Gasteiger partial charge in [0, 0.05) is 24.5 Å². The Morgan fingerprint density at radius 2 is 2.00 bits per heavy atom. The molecule has 1 heterocycles. The number of ether oxygens (including phenoxy) is 1. The van der Waals surface area contributed by atoms with E-state index < -0.39 is 0 Å². The van der Waals surface area contributed by atoms with E-state index in [9.17, 15) is 4.79 Å². The Hall–Kier alpha value is -2.79. The van der Waals surface area contributed by atoms with Crippen molar-refractivity contribution in [3.05, 3.63) is 82.4 Å². The topological polar surface area (TPSA) is 56.2 Å². The molecule has 1 atom stereocenters. The molecule has 0 bridgehead atoms. The van der Waals surface area contributed by atoms with Crippen LogP contribution in [0.4, 0.5) is 0 Å². The van der Waals surface area contributed by atoms with Crippen molar-refractivity contribution in [1.29, 1.82) is 0 Å². The van der Waals surface area contributed by atoms with Gasteiger partial charge in [-0.25, -0.2) is 4.98 Å². The Labute approximate surface area is 169 Å². The summed E-state index contributed by atoms with van der Waals surface area (Å²) >= 11 is 6.01. The normalized spacial score (nSPS) is 13.8. The smallest absolute Gasteiger partial charge is 0.258 e. The van der Waals surface area contributed by atoms with Crippen molar-refractivity contribution in [2.45, 2.75) is 25.3 Å². The van der Waals surface area contributed by atoms with Gasteiger partial charge in [-0.05, 0) is 60.2 Å². The van der Waals surface area contributed by atoms with Gasteiger partial charge in [0.05, 0.1) is 0 Å². The molecule has 1 amide bonds. The molecule has 0 unspecified atom stereocenters. The molecule has 28 heavy (non-hydrogen) atoms. The van der Waals surface area contributed by atoms with E-state index in [4.69, 9.17) is 16.3 Å². The number of nitrogens with zero attached hydrogens (tertiary/aromatic N) is 2. The molecule has 0 saturated heterocycles. The van der Waals surface area contributed by atoms with E-state index in [1.54, 1.807) is 18.3 Å². The summed E-state index contributed by atoms with van der Waals surface area (Å²) in [4.78, 5) is 17.0. The molecule has 2 aromatic carbocycles. The molecule has 4 rings (SSSR count). The largest absolute Gasteiger partial charge is 0.484 e. The number of aromatic nitrogens is 2. The van der Waals surface area contributed by atoms with E-state index in [-0.39, 0.29) is 18.6 Å². The van der Waals surface area contributed by atoms with Gasteiger partial charge < -0.3 is 14.6 Å². The molecule has 0 saturated carbocycles. The SMILES string of the molecule is Cn1ccnc1[C@@H](NC(=O)COc1ccc2c(c1)CCC2)c1ccc(Cl)cc1. The number of amides is 1. The molecule has 1 aromatic heterocycles. The molecule has 0 aliphatic heterocycles. The lowest BCUT2D eigenvalue weighted by Gasteiger charge is -2.19.